The number of nitrogens with one attached hydrogen (secondary N) is 2. The van der Waals surface area contributed by atoms with E-state index in [2.05, 4.69) is 15.6 Å². The first-order valence-corrected chi connectivity index (χ1v) is 12.7. The molecular weight excluding hydrogens is 526 g/mol. The highest BCUT2D eigenvalue weighted by molar-refractivity contribution is 7.09. The molecule has 1 fully saturated rings. The largest absolute Gasteiger partial charge is 0.348 e. The minimum absolute atomic E-state index is 0.0881. The van der Waals surface area contributed by atoms with E-state index in [0.29, 0.717) is 29.1 Å². The number of benzene rings is 2. The number of rotatable bonds is 8. The van der Waals surface area contributed by atoms with Crippen LogP contribution in [0.2, 0.25) is 0 Å². The van der Waals surface area contributed by atoms with Crippen molar-refractivity contribution in [3.05, 3.63) is 86.9 Å². The maximum absolute atomic E-state index is 13.6. The van der Waals surface area contributed by atoms with Crippen molar-refractivity contribution in [1.29, 1.82) is 10.5 Å². The summed E-state index contributed by atoms with van der Waals surface area (Å²) < 4.78 is 27.1. The minimum atomic E-state index is -3.13. The van der Waals surface area contributed by atoms with Gasteiger partial charge < -0.3 is 15.5 Å². The van der Waals surface area contributed by atoms with Gasteiger partial charge in [0.2, 0.25) is 5.91 Å². The van der Waals surface area contributed by atoms with Crippen LogP contribution in [0.4, 0.5) is 8.78 Å². The van der Waals surface area contributed by atoms with E-state index in [4.69, 9.17) is 10.5 Å². The lowest BCUT2D eigenvalue weighted by molar-refractivity contribution is -0.131. The Labute approximate surface area is 226 Å². The summed E-state index contributed by atoms with van der Waals surface area (Å²) in [6.45, 7) is -1.04. The van der Waals surface area contributed by atoms with Gasteiger partial charge in [0.15, 0.2) is 0 Å². The molecule has 1 aromatic heterocycles. The van der Waals surface area contributed by atoms with Gasteiger partial charge in [0.05, 0.1) is 35.8 Å². The molecule has 4 rings (SSSR count). The molecule has 2 heterocycles. The van der Waals surface area contributed by atoms with Gasteiger partial charge in [-0.05, 0) is 35.4 Å². The van der Waals surface area contributed by atoms with Crippen molar-refractivity contribution in [3.8, 4) is 12.1 Å². The lowest BCUT2D eigenvalue weighted by Gasteiger charge is -2.19. The maximum Gasteiger partial charge on any atom is 0.271 e. The van der Waals surface area contributed by atoms with Crippen molar-refractivity contribution in [3.63, 3.8) is 0 Å². The monoisotopic (exact) mass is 548 g/mol. The number of hydrogen-bond donors (Lipinski definition) is 2. The number of nitrogens with zero attached hydrogens (tertiary/aromatic N) is 4. The van der Waals surface area contributed by atoms with Crippen LogP contribution >= 0.6 is 11.3 Å². The molecule has 0 aliphatic carbocycles. The van der Waals surface area contributed by atoms with E-state index in [0.717, 1.165) is 16.0 Å². The topological polar surface area (TPSA) is 139 Å². The molecule has 2 aromatic carbocycles. The Morgan fingerprint density at radius 2 is 1.72 bits per heavy atom. The second kappa shape index (κ2) is 11.8. The predicted octanol–water partition coefficient (Wildman–Crippen LogP) is 3.03. The number of carbonyl (C=O) groups excluding carboxylic acids is 3. The zero-order chi connectivity index (χ0) is 28.0. The molecule has 3 aromatic rings. The first kappa shape index (κ1) is 27.4. The molecule has 0 saturated carbocycles. The number of carbonyl (C=O) groups is 3. The summed E-state index contributed by atoms with van der Waals surface area (Å²) in [4.78, 5) is 42.2. The van der Waals surface area contributed by atoms with Crippen molar-refractivity contribution in [2.24, 2.45) is 0 Å². The molecule has 39 heavy (non-hydrogen) atoms. The van der Waals surface area contributed by atoms with Gasteiger partial charge in [0.25, 0.3) is 17.7 Å². The molecule has 1 aliphatic heterocycles. The molecule has 2 N–H and O–H groups in total. The molecule has 198 valence electrons. The SMILES string of the molecule is N#Cc1ccc(CNC(=O)c2ccc(Cc3nc(C(=O)NCC(=O)N4CC(F)(F)C[C@H]4C#N)cs3)cc2)cc1. The van der Waals surface area contributed by atoms with Gasteiger partial charge in [0, 0.05) is 30.3 Å². The fourth-order valence-electron chi connectivity index (χ4n) is 3.97. The lowest BCUT2D eigenvalue weighted by Crippen LogP contribution is -2.43. The summed E-state index contributed by atoms with van der Waals surface area (Å²) in [5, 5.41) is 25.2. The van der Waals surface area contributed by atoms with Crippen LogP contribution in [0.25, 0.3) is 0 Å². The van der Waals surface area contributed by atoms with Crippen LogP contribution in [0.15, 0.2) is 53.9 Å². The Hall–Kier alpha value is -4.68. The molecule has 1 saturated heterocycles. The molecule has 0 bridgehead atoms. The van der Waals surface area contributed by atoms with Crippen molar-refractivity contribution in [2.45, 2.75) is 31.4 Å². The number of thiazole rings is 1. The van der Waals surface area contributed by atoms with Crippen LogP contribution in [-0.4, -0.2) is 52.7 Å². The molecule has 12 heteroatoms. The lowest BCUT2D eigenvalue weighted by atomic mass is 10.1. The maximum atomic E-state index is 13.6. The van der Waals surface area contributed by atoms with E-state index < -0.39 is 43.3 Å². The van der Waals surface area contributed by atoms with Crippen molar-refractivity contribution in [1.82, 2.24) is 20.5 Å². The van der Waals surface area contributed by atoms with E-state index in [-0.39, 0.29) is 11.6 Å². The Bertz CT molecular complexity index is 1460. The minimum Gasteiger partial charge on any atom is -0.348 e. The Balaban J connectivity index is 1.26. The third-order valence-electron chi connectivity index (χ3n) is 6.03. The number of halogens is 2. The molecule has 3 amide bonds. The second-order valence-electron chi connectivity index (χ2n) is 8.90. The van der Waals surface area contributed by atoms with Crippen LogP contribution in [0, 0.1) is 22.7 Å². The average Bonchev–Trinajstić information content (AvgIpc) is 3.54. The third-order valence-corrected chi connectivity index (χ3v) is 6.88. The van der Waals surface area contributed by atoms with Crippen LogP contribution in [0.3, 0.4) is 0 Å². The molecule has 1 atom stereocenters. The van der Waals surface area contributed by atoms with Crippen LogP contribution in [0.5, 0.6) is 0 Å². The van der Waals surface area contributed by atoms with Gasteiger partial charge in [-0.2, -0.15) is 10.5 Å². The zero-order valence-electron chi connectivity index (χ0n) is 20.5. The van der Waals surface area contributed by atoms with Crippen LogP contribution in [0.1, 0.15) is 49.0 Å². The highest BCUT2D eigenvalue weighted by Crippen LogP contribution is 2.31. The van der Waals surface area contributed by atoms with Crippen LogP contribution < -0.4 is 10.6 Å². The summed E-state index contributed by atoms with van der Waals surface area (Å²) >= 11 is 1.25. The predicted molar refractivity (Wildman–Crippen MR) is 137 cm³/mol. The first-order chi connectivity index (χ1) is 18.7. The molecule has 9 nitrogen and oxygen atoms in total. The number of hydrogen-bond acceptors (Lipinski definition) is 7. The number of nitriles is 2. The first-order valence-electron chi connectivity index (χ1n) is 11.8. The van der Waals surface area contributed by atoms with E-state index >= 15 is 0 Å². The Kier molecular flexibility index (Phi) is 8.27. The van der Waals surface area contributed by atoms with Gasteiger partial charge in [-0.15, -0.1) is 11.3 Å². The van der Waals surface area contributed by atoms with Crippen molar-refractivity contribution < 1.29 is 23.2 Å². The molecule has 0 unspecified atom stereocenters. The summed E-state index contributed by atoms with van der Waals surface area (Å²) in [5.74, 6) is -4.76. The Morgan fingerprint density at radius 3 is 2.38 bits per heavy atom. The second-order valence-corrected chi connectivity index (χ2v) is 9.84. The van der Waals surface area contributed by atoms with Gasteiger partial charge in [-0.1, -0.05) is 24.3 Å². The number of aromatic nitrogens is 1. The fraction of sp³-hybridized carbons (Fsp3) is 0.259. The van der Waals surface area contributed by atoms with Crippen molar-refractivity contribution >= 4 is 29.1 Å². The van der Waals surface area contributed by atoms with Crippen molar-refractivity contribution in [2.75, 3.05) is 13.1 Å². The van der Waals surface area contributed by atoms with Gasteiger partial charge in [-0.3, -0.25) is 14.4 Å². The van der Waals surface area contributed by atoms with Gasteiger partial charge in [0.1, 0.15) is 11.7 Å². The molecular formula is C27H22F2N6O3S. The van der Waals surface area contributed by atoms with Gasteiger partial charge >= 0.3 is 0 Å². The zero-order valence-corrected chi connectivity index (χ0v) is 21.3. The average molecular weight is 549 g/mol. The normalized spacial score (nSPS) is 15.7. The van der Waals surface area contributed by atoms with E-state index in [1.807, 2.05) is 6.07 Å². The van der Waals surface area contributed by atoms with E-state index in [9.17, 15) is 23.2 Å². The molecule has 1 aliphatic rings. The summed E-state index contributed by atoms with van der Waals surface area (Å²) in [5.41, 5.74) is 2.85. The standard InChI is InChI=1S/C27H22F2N6O3S/c28-27(29)10-21(12-31)35(16-27)24(36)14-33-26(38)22-15-39-23(34-22)9-17-5-7-20(8-6-17)25(37)32-13-19-3-1-18(11-30)2-4-19/h1-8,15,21H,9-10,13-14,16H2,(H,32,37)(H,33,38)/t21-/m0/s1. The Morgan fingerprint density at radius 1 is 1.03 bits per heavy atom. The molecule has 0 radical (unpaired) electrons. The smallest absolute Gasteiger partial charge is 0.271 e. The highest BCUT2D eigenvalue weighted by atomic mass is 32.1. The summed E-state index contributed by atoms with van der Waals surface area (Å²) in [6.07, 6.45) is -0.306. The fourth-order valence-corrected chi connectivity index (χ4v) is 4.78. The number of amides is 3. The number of alkyl halides is 2. The summed E-state index contributed by atoms with van der Waals surface area (Å²) in [7, 11) is 0. The number of likely N-dealkylation sites (tertiary alicyclic amines) is 1. The van der Waals surface area contributed by atoms with E-state index in [1.165, 1.54) is 16.7 Å². The van der Waals surface area contributed by atoms with Crippen LogP contribution in [-0.2, 0) is 17.8 Å². The van der Waals surface area contributed by atoms with Gasteiger partial charge in [-0.25, -0.2) is 13.8 Å². The van der Waals surface area contributed by atoms with E-state index in [1.54, 1.807) is 54.6 Å². The summed E-state index contributed by atoms with van der Waals surface area (Å²) in [6, 6.07) is 16.4. The quantitative estimate of drug-likeness (QED) is 0.444. The highest BCUT2D eigenvalue weighted by Gasteiger charge is 2.47. The third kappa shape index (κ3) is 7.00. The molecule has 0 spiro atoms.